The lowest BCUT2D eigenvalue weighted by Crippen LogP contribution is -2.47. The molecule has 2 bridgehead atoms. The monoisotopic (exact) mass is 425 g/mol. The third-order valence-electron chi connectivity index (χ3n) is 5.06. The molecule has 3 aliphatic rings. The van der Waals surface area contributed by atoms with Crippen LogP contribution in [0.25, 0.3) is 0 Å². The van der Waals surface area contributed by atoms with E-state index in [1.807, 2.05) is 0 Å². The molecular formula is C12H13F4O8S2-. The average molecular weight is 425 g/mol. The summed E-state index contributed by atoms with van der Waals surface area (Å²) in [4.78, 5) is 11.7. The number of hydrogen-bond acceptors (Lipinski definition) is 8. The van der Waals surface area contributed by atoms with Gasteiger partial charge in [-0.05, 0) is 12.8 Å². The maximum atomic E-state index is 13.3. The molecule has 2 aliphatic carbocycles. The minimum Gasteiger partial charge on any atom is -0.743 e. The Morgan fingerprint density at radius 1 is 1.23 bits per heavy atom. The zero-order valence-electron chi connectivity index (χ0n) is 12.8. The summed E-state index contributed by atoms with van der Waals surface area (Å²) in [5.41, 5.74) is 0. The Morgan fingerprint density at radius 3 is 2.42 bits per heavy atom. The molecule has 0 aromatic carbocycles. The predicted molar refractivity (Wildman–Crippen MR) is 72.5 cm³/mol. The van der Waals surface area contributed by atoms with Gasteiger partial charge in [-0.1, -0.05) is 0 Å². The third-order valence-corrected chi connectivity index (χ3v) is 7.77. The van der Waals surface area contributed by atoms with Gasteiger partial charge < -0.3 is 9.29 Å². The number of carbonyl (C=O) groups is 1. The van der Waals surface area contributed by atoms with Gasteiger partial charge in [-0.15, -0.1) is 0 Å². The molecule has 0 amide bonds. The Bertz CT molecular complexity index is 824. The molecule has 3 rings (SSSR count). The second-order valence-electron chi connectivity index (χ2n) is 6.62. The van der Waals surface area contributed by atoms with Gasteiger partial charge in [0.05, 0.1) is 11.7 Å². The first-order chi connectivity index (χ1) is 11.7. The molecule has 5 unspecified atom stereocenters. The minimum atomic E-state index is -6.63. The van der Waals surface area contributed by atoms with E-state index >= 15 is 0 Å². The molecule has 8 nitrogen and oxygen atoms in total. The fourth-order valence-corrected chi connectivity index (χ4v) is 6.19. The van der Waals surface area contributed by atoms with Gasteiger partial charge in [0.1, 0.15) is 12.2 Å². The largest absolute Gasteiger partial charge is 0.743 e. The zero-order valence-corrected chi connectivity index (χ0v) is 14.4. The Kier molecular flexibility index (Phi) is 4.37. The molecule has 150 valence electrons. The van der Waals surface area contributed by atoms with Crippen LogP contribution in [0.5, 0.6) is 0 Å². The molecule has 0 N–H and O–H groups in total. The molecule has 1 aliphatic heterocycles. The number of alkyl halides is 4. The van der Waals surface area contributed by atoms with E-state index in [4.69, 9.17) is 8.92 Å². The predicted octanol–water partition coefficient (Wildman–Crippen LogP) is 0.589. The van der Waals surface area contributed by atoms with E-state index in [-0.39, 0.29) is 18.3 Å². The fraction of sp³-hybridized carbons (Fsp3) is 0.917. The van der Waals surface area contributed by atoms with Crippen LogP contribution in [0.15, 0.2) is 0 Å². The normalized spacial score (nSPS) is 35.7. The first-order valence-electron chi connectivity index (χ1n) is 7.50. The van der Waals surface area contributed by atoms with Crippen LogP contribution in [-0.2, 0) is 34.0 Å². The van der Waals surface area contributed by atoms with Crippen molar-refractivity contribution < 1.29 is 52.7 Å². The summed E-state index contributed by atoms with van der Waals surface area (Å²) in [6.07, 6.45) is -4.54. The molecule has 14 heteroatoms. The van der Waals surface area contributed by atoms with Gasteiger partial charge >= 0.3 is 17.1 Å². The SMILES string of the molecule is O=C(CCC(F)(F)C(F)(F)S(=O)(=O)[O-])OC1C2CC3C1OS(=O)(=O)C3C2. The Balaban J connectivity index is 1.61. The smallest absolute Gasteiger partial charge is 0.396 e. The van der Waals surface area contributed by atoms with Crippen LogP contribution in [0.3, 0.4) is 0 Å². The highest BCUT2D eigenvalue weighted by atomic mass is 32.2. The van der Waals surface area contributed by atoms with Crippen LogP contribution in [0.2, 0.25) is 0 Å². The Morgan fingerprint density at radius 2 is 1.85 bits per heavy atom. The summed E-state index contributed by atoms with van der Waals surface area (Å²) in [7, 11) is -10.4. The van der Waals surface area contributed by atoms with Gasteiger partial charge in [-0.25, -0.2) is 8.42 Å². The van der Waals surface area contributed by atoms with Crippen molar-refractivity contribution in [2.75, 3.05) is 0 Å². The Hall–Kier alpha value is -0.990. The van der Waals surface area contributed by atoms with Crippen molar-refractivity contribution in [2.45, 2.75) is 54.3 Å². The molecule has 0 radical (unpaired) electrons. The first-order valence-corrected chi connectivity index (χ1v) is 10.4. The number of rotatable bonds is 6. The van der Waals surface area contributed by atoms with Gasteiger partial charge in [-0.3, -0.25) is 8.98 Å². The molecule has 2 saturated carbocycles. The van der Waals surface area contributed by atoms with Crippen LogP contribution in [0.1, 0.15) is 25.7 Å². The molecule has 3 fully saturated rings. The van der Waals surface area contributed by atoms with E-state index in [1.165, 1.54) is 0 Å². The molecule has 0 spiro atoms. The summed E-state index contributed by atoms with van der Waals surface area (Å²) < 4.78 is 117. The number of esters is 1. The summed E-state index contributed by atoms with van der Waals surface area (Å²) in [5.74, 6) is -7.33. The van der Waals surface area contributed by atoms with E-state index in [0.717, 1.165) is 0 Å². The van der Waals surface area contributed by atoms with Gasteiger partial charge in [0, 0.05) is 18.3 Å². The highest BCUT2D eigenvalue weighted by Crippen LogP contribution is 2.55. The van der Waals surface area contributed by atoms with E-state index in [1.54, 1.807) is 0 Å². The summed E-state index contributed by atoms with van der Waals surface area (Å²) in [6, 6.07) is 0. The third kappa shape index (κ3) is 2.90. The lowest BCUT2D eigenvalue weighted by atomic mass is 9.94. The van der Waals surface area contributed by atoms with Crippen LogP contribution in [0.4, 0.5) is 17.6 Å². The molecule has 1 heterocycles. The lowest BCUT2D eigenvalue weighted by Gasteiger charge is -2.28. The van der Waals surface area contributed by atoms with Crippen LogP contribution < -0.4 is 0 Å². The summed E-state index contributed by atoms with van der Waals surface area (Å²) in [5, 5.41) is -6.57. The highest BCUT2D eigenvalue weighted by molar-refractivity contribution is 7.87. The van der Waals surface area contributed by atoms with Crippen molar-refractivity contribution in [2.24, 2.45) is 11.8 Å². The van der Waals surface area contributed by atoms with E-state index in [9.17, 15) is 43.7 Å². The van der Waals surface area contributed by atoms with Crippen LogP contribution in [-0.4, -0.2) is 56.0 Å². The maximum absolute atomic E-state index is 13.3. The number of fused-ring (bicyclic) bond motifs is 1. The standard InChI is InChI=1S/C12H14F4O8S2/c13-11(14,12(15,16)26(20,21)22)2-1-8(17)23-9-5-3-6-7(4-5)25(18,19)24-10(6)9/h5-7,9-10H,1-4H2,(H,20,21,22)/p-1. The van der Waals surface area contributed by atoms with Crippen molar-refractivity contribution in [3.8, 4) is 0 Å². The molecule has 26 heavy (non-hydrogen) atoms. The summed E-state index contributed by atoms with van der Waals surface area (Å²) >= 11 is 0. The van der Waals surface area contributed by atoms with Crippen LogP contribution in [0, 0.1) is 11.8 Å². The fourth-order valence-electron chi connectivity index (χ4n) is 3.84. The second-order valence-corrected chi connectivity index (χ2v) is 9.82. The van der Waals surface area contributed by atoms with Crippen molar-refractivity contribution >= 4 is 26.2 Å². The van der Waals surface area contributed by atoms with Crippen LogP contribution >= 0.6 is 0 Å². The molecular weight excluding hydrogens is 412 g/mol. The van der Waals surface area contributed by atoms with Gasteiger partial charge in [0.15, 0.2) is 10.1 Å². The van der Waals surface area contributed by atoms with Gasteiger partial charge in [0.25, 0.3) is 10.1 Å². The molecule has 0 aromatic rings. The highest BCUT2D eigenvalue weighted by Gasteiger charge is 2.65. The number of halogens is 4. The van der Waals surface area contributed by atoms with Gasteiger partial charge in [-0.2, -0.15) is 26.0 Å². The molecule has 0 aromatic heterocycles. The second kappa shape index (κ2) is 5.75. The number of carbonyl (C=O) groups excluding carboxylic acids is 1. The first kappa shape index (κ1) is 19.8. The van der Waals surface area contributed by atoms with Crippen molar-refractivity contribution in [3.05, 3.63) is 0 Å². The lowest BCUT2D eigenvalue weighted by molar-refractivity contribution is -0.175. The summed E-state index contributed by atoms with van der Waals surface area (Å²) in [6.45, 7) is 0. The average Bonchev–Trinajstić information content (AvgIpc) is 3.08. The minimum absolute atomic E-state index is 0.185. The van der Waals surface area contributed by atoms with Crippen molar-refractivity contribution in [1.82, 2.24) is 0 Å². The van der Waals surface area contributed by atoms with Gasteiger partial charge in [0.2, 0.25) is 0 Å². The van der Waals surface area contributed by atoms with E-state index < -0.39 is 67.7 Å². The number of ether oxygens (including phenoxy) is 1. The zero-order chi connectivity index (χ0) is 19.7. The topological polar surface area (TPSA) is 127 Å². The molecule has 5 atom stereocenters. The van der Waals surface area contributed by atoms with E-state index in [0.29, 0.717) is 6.42 Å². The van der Waals surface area contributed by atoms with Crippen molar-refractivity contribution in [3.63, 3.8) is 0 Å². The quantitative estimate of drug-likeness (QED) is 0.262. The Labute approximate surface area is 145 Å². The molecule has 1 saturated heterocycles. The van der Waals surface area contributed by atoms with E-state index in [2.05, 4.69) is 0 Å². The maximum Gasteiger partial charge on any atom is 0.396 e. The van der Waals surface area contributed by atoms with Crippen molar-refractivity contribution in [1.29, 1.82) is 0 Å². The number of hydrogen-bond donors (Lipinski definition) is 0.